The molecule has 0 amide bonds. The summed E-state index contributed by atoms with van der Waals surface area (Å²) in [7, 11) is -5.59. The Bertz CT molecular complexity index is 719. The first kappa shape index (κ1) is 28.4. The molecule has 0 fully saturated rings. The van der Waals surface area contributed by atoms with E-state index in [1.165, 1.54) is 32.4 Å². The van der Waals surface area contributed by atoms with Crippen LogP contribution in [-0.2, 0) is 29.1 Å². The third-order valence-corrected chi connectivity index (χ3v) is 5.53. The molecule has 0 aliphatic heterocycles. The summed E-state index contributed by atoms with van der Waals surface area (Å²) in [5, 5.41) is 0. The Balaban J connectivity index is 4.99. The van der Waals surface area contributed by atoms with E-state index in [1.54, 1.807) is 0 Å². The van der Waals surface area contributed by atoms with Crippen LogP contribution in [0.2, 0.25) is 0 Å². The number of rotatable bonds is 10. The van der Waals surface area contributed by atoms with Gasteiger partial charge in [0.05, 0.1) is 10.8 Å². The van der Waals surface area contributed by atoms with Crippen LogP contribution in [0, 0.1) is 10.8 Å². The van der Waals surface area contributed by atoms with Gasteiger partial charge in [0.25, 0.3) is 0 Å². The predicted molar refractivity (Wildman–Crippen MR) is 92.3 cm³/mol. The predicted octanol–water partition coefficient (Wildman–Crippen LogP) is 3.30. The number of alkyl halides is 6. The molecule has 1 N–H and O–H groups in total. The highest BCUT2D eigenvalue weighted by Crippen LogP contribution is 2.39. The molecule has 30 heavy (non-hydrogen) atoms. The van der Waals surface area contributed by atoms with Crippen LogP contribution in [0.25, 0.3) is 0 Å². The average molecular weight is 473 g/mol. The van der Waals surface area contributed by atoms with E-state index in [0.29, 0.717) is 6.92 Å². The second-order valence-electron chi connectivity index (χ2n) is 7.54. The molecule has 14 heteroatoms. The largest absolute Gasteiger partial charge is 0.511 e. The minimum atomic E-state index is -5.59. The molecule has 7 nitrogen and oxygen atoms in total. The maximum Gasteiger partial charge on any atom is 0.511 e. The Morgan fingerprint density at radius 1 is 1.00 bits per heavy atom. The fourth-order valence-corrected chi connectivity index (χ4v) is 2.87. The Morgan fingerprint density at radius 3 is 1.90 bits per heavy atom. The summed E-state index contributed by atoms with van der Waals surface area (Å²) in [5.41, 5.74) is -8.44. The molecule has 0 saturated carbocycles. The molecule has 0 aromatic heterocycles. The van der Waals surface area contributed by atoms with Crippen LogP contribution in [0.1, 0.15) is 47.5 Å². The number of sulfonamides is 1. The number of halogens is 6. The van der Waals surface area contributed by atoms with E-state index < -0.39 is 63.7 Å². The van der Waals surface area contributed by atoms with Crippen molar-refractivity contribution in [3.8, 4) is 0 Å². The average Bonchev–Trinajstić information content (AvgIpc) is 2.55. The highest BCUT2D eigenvalue weighted by Gasteiger charge is 2.47. The van der Waals surface area contributed by atoms with Gasteiger partial charge in [0.2, 0.25) is 0 Å². The van der Waals surface area contributed by atoms with Crippen molar-refractivity contribution in [1.29, 1.82) is 0 Å². The highest BCUT2D eigenvalue weighted by molar-refractivity contribution is 7.90. The standard InChI is InChI=1S/C16H25F6NO6S/c1-6-14(5,12(25)29-10(2)15(17,18)19)9-13(3,4)11(24)28-8-7-23-30(26,27)16(20,21)22/h10,23H,6-9H2,1-5H3. The van der Waals surface area contributed by atoms with Crippen LogP contribution in [0.5, 0.6) is 0 Å². The normalized spacial score (nSPS) is 16.5. The van der Waals surface area contributed by atoms with Gasteiger partial charge in [0.1, 0.15) is 6.61 Å². The molecule has 0 rings (SSSR count). The first-order valence-electron chi connectivity index (χ1n) is 8.70. The van der Waals surface area contributed by atoms with Gasteiger partial charge in [0.15, 0.2) is 6.10 Å². The lowest BCUT2D eigenvalue weighted by atomic mass is 9.72. The molecular formula is C16H25F6NO6S. The number of nitrogens with one attached hydrogen (secondary N) is 1. The number of carbonyl (C=O) groups excluding carboxylic acids is 2. The smallest absolute Gasteiger partial charge is 0.464 e. The lowest BCUT2D eigenvalue weighted by Crippen LogP contribution is -2.42. The maximum absolute atomic E-state index is 12.6. The monoisotopic (exact) mass is 473 g/mol. The molecule has 0 radical (unpaired) electrons. The van der Waals surface area contributed by atoms with Crippen molar-refractivity contribution in [3.05, 3.63) is 0 Å². The minimum Gasteiger partial charge on any atom is -0.464 e. The van der Waals surface area contributed by atoms with Crippen LogP contribution in [0.3, 0.4) is 0 Å². The van der Waals surface area contributed by atoms with E-state index in [-0.39, 0.29) is 12.8 Å². The van der Waals surface area contributed by atoms with Gasteiger partial charge in [-0.1, -0.05) is 6.92 Å². The van der Waals surface area contributed by atoms with Crippen molar-refractivity contribution in [3.63, 3.8) is 0 Å². The molecule has 178 valence electrons. The van der Waals surface area contributed by atoms with E-state index in [4.69, 9.17) is 4.74 Å². The second kappa shape index (κ2) is 9.71. The first-order valence-corrected chi connectivity index (χ1v) is 10.2. The number of hydrogen-bond donors (Lipinski definition) is 1. The molecule has 0 aliphatic carbocycles. The topological polar surface area (TPSA) is 98.8 Å². The van der Waals surface area contributed by atoms with E-state index in [9.17, 15) is 44.3 Å². The molecule has 0 heterocycles. The van der Waals surface area contributed by atoms with Crippen molar-refractivity contribution in [2.24, 2.45) is 10.8 Å². The minimum absolute atomic E-state index is 0.0263. The molecule has 2 unspecified atom stereocenters. The van der Waals surface area contributed by atoms with Gasteiger partial charge in [0, 0.05) is 6.54 Å². The summed E-state index contributed by atoms with van der Waals surface area (Å²) in [6, 6.07) is 0. The number of carbonyl (C=O) groups is 2. The van der Waals surface area contributed by atoms with Crippen LogP contribution < -0.4 is 4.72 Å². The summed E-state index contributed by atoms with van der Waals surface area (Å²) in [6.07, 6.45) is -7.37. The van der Waals surface area contributed by atoms with Gasteiger partial charge >= 0.3 is 33.6 Å². The van der Waals surface area contributed by atoms with Crippen LogP contribution >= 0.6 is 0 Å². The molecule has 0 aromatic carbocycles. The third-order valence-electron chi connectivity index (χ3n) is 4.33. The number of hydrogen-bond acceptors (Lipinski definition) is 6. The van der Waals surface area contributed by atoms with Crippen LogP contribution in [-0.4, -0.2) is 51.3 Å². The zero-order valence-electron chi connectivity index (χ0n) is 17.0. The quantitative estimate of drug-likeness (QED) is 0.297. The van der Waals surface area contributed by atoms with Crippen molar-refractivity contribution in [1.82, 2.24) is 4.72 Å². The molecular weight excluding hydrogens is 448 g/mol. The summed E-state index contributed by atoms with van der Waals surface area (Å²) < 4.78 is 107. The molecule has 0 saturated heterocycles. The van der Waals surface area contributed by atoms with E-state index in [0.717, 1.165) is 0 Å². The SMILES string of the molecule is CCC(C)(CC(C)(C)C(=O)OCCNS(=O)(=O)C(F)(F)F)C(=O)OC(C)C(F)(F)F. The lowest BCUT2D eigenvalue weighted by molar-refractivity contribution is -0.222. The fraction of sp³-hybridized carbons (Fsp3) is 0.875. The van der Waals surface area contributed by atoms with Crippen LogP contribution in [0.15, 0.2) is 0 Å². The summed E-state index contributed by atoms with van der Waals surface area (Å²) in [4.78, 5) is 24.5. The third kappa shape index (κ3) is 7.93. The van der Waals surface area contributed by atoms with Gasteiger partial charge in [-0.25, -0.2) is 13.1 Å². The number of esters is 2. The molecule has 0 aliphatic rings. The zero-order valence-corrected chi connectivity index (χ0v) is 17.8. The van der Waals surface area contributed by atoms with Crippen molar-refractivity contribution in [2.75, 3.05) is 13.2 Å². The van der Waals surface area contributed by atoms with Gasteiger partial charge in [-0.05, 0) is 40.5 Å². The van der Waals surface area contributed by atoms with Gasteiger partial charge in [-0.3, -0.25) is 9.59 Å². The Morgan fingerprint density at radius 2 is 1.50 bits per heavy atom. The summed E-state index contributed by atoms with van der Waals surface area (Å²) >= 11 is 0. The molecule has 0 aromatic rings. The first-order chi connectivity index (χ1) is 13.2. The van der Waals surface area contributed by atoms with E-state index >= 15 is 0 Å². The van der Waals surface area contributed by atoms with Gasteiger partial charge < -0.3 is 9.47 Å². The molecule has 0 bridgehead atoms. The maximum atomic E-state index is 12.6. The number of ether oxygens (including phenoxy) is 2. The molecule has 0 spiro atoms. The Hall–Kier alpha value is -1.57. The molecule has 2 atom stereocenters. The second-order valence-corrected chi connectivity index (χ2v) is 9.30. The Kier molecular flexibility index (Phi) is 9.20. The lowest BCUT2D eigenvalue weighted by Gasteiger charge is -2.34. The summed E-state index contributed by atoms with van der Waals surface area (Å²) in [6.45, 7) is 4.55. The van der Waals surface area contributed by atoms with E-state index in [2.05, 4.69) is 4.74 Å². The zero-order chi connectivity index (χ0) is 24.2. The van der Waals surface area contributed by atoms with Gasteiger partial charge in [-0.15, -0.1) is 0 Å². The van der Waals surface area contributed by atoms with Crippen LogP contribution in [0.4, 0.5) is 26.3 Å². The van der Waals surface area contributed by atoms with E-state index in [1.807, 2.05) is 0 Å². The summed E-state index contributed by atoms with van der Waals surface area (Å²) in [5.74, 6) is -2.15. The highest BCUT2D eigenvalue weighted by atomic mass is 32.2. The van der Waals surface area contributed by atoms with Crippen molar-refractivity contribution in [2.45, 2.75) is 65.2 Å². The van der Waals surface area contributed by atoms with Crippen molar-refractivity contribution < 1.29 is 53.8 Å². The Labute approximate surface area is 170 Å². The van der Waals surface area contributed by atoms with Crippen molar-refractivity contribution >= 4 is 22.0 Å². The fourth-order valence-electron chi connectivity index (χ4n) is 2.36. The van der Waals surface area contributed by atoms with Gasteiger partial charge in [-0.2, -0.15) is 26.3 Å².